The third-order valence-electron chi connectivity index (χ3n) is 3.80. The zero-order valence-electron chi connectivity index (χ0n) is 12.8. The first-order valence-electron chi connectivity index (χ1n) is 7.43. The molecule has 8 heteroatoms. The molecule has 1 aliphatic heterocycles. The van der Waals surface area contributed by atoms with Crippen molar-refractivity contribution in [3.05, 3.63) is 54.4 Å². The summed E-state index contributed by atoms with van der Waals surface area (Å²) in [5.41, 5.74) is 5.38. The summed E-state index contributed by atoms with van der Waals surface area (Å²) in [6.07, 6.45) is 3.59. The third kappa shape index (κ3) is 3.39. The molecule has 3 rings (SSSR count). The molecule has 2 aromatic rings. The summed E-state index contributed by atoms with van der Waals surface area (Å²) >= 11 is 0. The highest BCUT2D eigenvalue weighted by Crippen LogP contribution is 2.24. The van der Waals surface area contributed by atoms with E-state index in [1.54, 1.807) is 24.5 Å². The van der Waals surface area contributed by atoms with E-state index in [0.717, 1.165) is 0 Å². The molecule has 0 unspecified atom stereocenters. The number of nitrogens with two attached hydrogens (primary N) is 1. The Bertz CT molecular complexity index is 839. The number of hydrogen-bond acceptors (Lipinski definition) is 5. The Morgan fingerprint density at radius 1 is 1.29 bits per heavy atom. The fourth-order valence-electron chi connectivity index (χ4n) is 2.58. The van der Waals surface area contributed by atoms with Crippen LogP contribution in [0.2, 0.25) is 0 Å². The lowest BCUT2D eigenvalue weighted by Gasteiger charge is -2.17. The number of pyridine rings is 1. The van der Waals surface area contributed by atoms with Crippen LogP contribution in [0.25, 0.3) is 0 Å². The lowest BCUT2D eigenvalue weighted by atomic mass is 10.2. The van der Waals surface area contributed by atoms with Gasteiger partial charge in [-0.3, -0.25) is 9.78 Å². The number of rotatable bonds is 5. The maximum absolute atomic E-state index is 12.7. The highest BCUT2D eigenvalue weighted by molar-refractivity contribution is 7.89. The average Bonchev–Trinajstić information content (AvgIpc) is 3.05. The summed E-state index contributed by atoms with van der Waals surface area (Å²) in [6, 6.07) is 9.28. The lowest BCUT2D eigenvalue weighted by molar-refractivity contribution is 0.1000. The number of amides is 1. The Morgan fingerprint density at radius 3 is 2.83 bits per heavy atom. The van der Waals surface area contributed by atoms with Gasteiger partial charge in [0.15, 0.2) is 0 Å². The number of ether oxygens (including phenoxy) is 1. The van der Waals surface area contributed by atoms with E-state index in [1.165, 1.54) is 28.6 Å². The van der Waals surface area contributed by atoms with Gasteiger partial charge in [0, 0.05) is 18.3 Å². The minimum absolute atomic E-state index is 0.0563. The molecule has 0 spiro atoms. The predicted molar refractivity (Wildman–Crippen MR) is 87.0 cm³/mol. The minimum Gasteiger partial charge on any atom is -0.487 e. The maximum Gasteiger partial charge on any atom is 0.248 e. The normalized spacial score (nSPS) is 18.4. The number of carbonyl (C=O) groups is 1. The van der Waals surface area contributed by atoms with Crippen LogP contribution in [0.5, 0.6) is 5.75 Å². The highest BCUT2D eigenvalue weighted by Gasteiger charge is 2.33. The monoisotopic (exact) mass is 347 g/mol. The number of sulfonamides is 1. The zero-order valence-corrected chi connectivity index (χ0v) is 13.6. The van der Waals surface area contributed by atoms with Crippen LogP contribution in [0, 0.1) is 0 Å². The van der Waals surface area contributed by atoms with Gasteiger partial charge in [0.25, 0.3) is 0 Å². The van der Waals surface area contributed by atoms with E-state index in [0.29, 0.717) is 18.7 Å². The van der Waals surface area contributed by atoms with Gasteiger partial charge >= 0.3 is 0 Å². The number of carbonyl (C=O) groups excluding carboxylic acids is 1. The molecule has 7 nitrogen and oxygen atoms in total. The quantitative estimate of drug-likeness (QED) is 0.870. The first-order chi connectivity index (χ1) is 11.5. The largest absolute Gasteiger partial charge is 0.487 e. The molecule has 1 atom stereocenters. The summed E-state index contributed by atoms with van der Waals surface area (Å²) in [5, 5.41) is 0. The second-order valence-electron chi connectivity index (χ2n) is 5.47. The average molecular weight is 347 g/mol. The van der Waals surface area contributed by atoms with Crippen molar-refractivity contribution in [2.24, 2.45) is 5.73 Å². The SMILES string of the molecule is NC(=O)c1cccc(S(=O)(=O)N2CC[C@H](Oc3cccnc3)C2)c1. The Hall–Kier alpha value is -2.45. The lowest BCUT2D eigenvalue weighted by Crippen LogP contribution is -2.31. The molecular formula is C16H17N3O4S. The Kier molecular flexibility index (Phi) is 4.50. The van der Waals surface area contributed by atoms with Gasteiger partial charge in [0.1, 0.15) is 11.9 Å². The van der Waals surface area contributed by atoms with Crippen LogP contribution in [0.4, 0.5) is 0 Å². The molecule has 1 amide bonds. The number of aromatic nitrogens is 1. The fraction of sp³-hybridized carbons (Fsp3) is 0.250. The zero-order chi connectivity index (χ0) is 17.2. The molecule has 0 saturated carbocycles. The van der Waals surface area contributed by atoms with Crippen LogP contribution in [0.1, 0.15) is 16.8 Å². The van der Waals surface area contributed by atoms with Crippen molar-refractivity contribution in [3.8, 4) is 5.75 Å². The summed E-state index contributed by atoms with van der Waals surface area (Å²) in [6.45, 7) is 0.603. The van der Waals surface area contributed by atoms with Crippen molar-refractivity contribution >= 4 is 15.9 Å². The number of benzene rings is 1. The molecule has 1 aromatic carbocycles. The molecule has 1 fully saturated rings. The van der Waals surface area contributed by atoms with E-state index in [9.17, 15) is 13.2 Å². The number of primary amides is 1. The fourth-order valence-corrected chi connectivity index (χ4v) is 4.11. The molecule has 1 aromatic heterocycles. The predicted octanol–water partition coefficient (Wildman–Crippen LogP) is 1.02. The van der Waals surface area contributed by atoms with Gasteiger partial charge in [0.2, 0.25) is 15.9 Å². The molecule has 1 aliphatic rings. The molecule has 0 aliphatic carbocycles. The minimum atomic E-state index is -3.69. The summed E-state index contributed by atoms with van der Waals surface area (Å²) < 4.78 is 32.5. The van der Waals surface area contributed by atoms with Crippen molar-refractivity contribution < 1.29 is 17.9 Å². The van der Waals surface area contributed by atoms with E-state index < -0.39 is 15.9 Å². The molecule has 126 valence electrons. The van der Waals surface area contributed by atoms with Gasteiger partial charge in [-0.25, -0.2) is 8.42 Å². The topological polar surface area (TPSA) is 103 Å². The molecule has 2 heterocycles. The van der Waals surface area contributed by atoms with Gasteiger partial charge in [-0.2, -0.15) is 4.31 Å². The molecule has 0 radical (unpaired) electrons. The van der Waals surface area contributed by atoms with Crippen molar-refractivity contribution in [2.45, 2.75) is 17.4 Å². The van der Waals surface area contributed by atoms with Crippen LogP contribution in [-0.4, -0.2) is 42.8 Å². The molecule has 1 saturated heterocycles. The first-order valence-corrected chi connectivity index (χ1v) is 8.87. The summed E-state index contributed by atoms with van der Waals surface area (Å²) in [5.74, 6) is -0.0521. The number of nitrogens with zero attached hydrogens (tertiary/aromatic N) is 2. The van der Waals surface area contributed by atoms with Gasteiger partial charge in [0.05, 0.1) is 17.6 Å². The molecule has 2 N–H and O–H groups in total. The van der Waals surface area contributed by atoms with Crippen LogP contribution in [-0.2, 0) is 10.0 Å². The molecule has 0 bridgehead atoms. The summed E-state index contributed by atoms with van der Waals surface area (Å²) in [4.78, 5) is 15.3. The van der Waals surface area contributed by atoms with E-state index in [-0.39, 0.29) is 23.1 Å². The standard InChI is InChI=1S/C16H17N3O4S/c17-16(20)12-3-1-5-15(9-12)24(21,22)19-8-6-14(11-19)23-13-4-2-7-18-10-13/h1-5,7,9-10,14H,6,8,11H2,(H2,17,20)/t14-/m0/s1. The van der Waals surface area contributed by atoms with Gasteiger partial charge < -0.3 is 10.5 Å². The maximum atomic E-state index is 12.7. The third-order valence-corrected chi connectivity index (χ3v) is 5.66. The van der Waals surface area contributed by atoms with Crippen LogP contribution in [0.15, 0.2) is 53.7 Å². The highest BCUT2D eigenvalue weighted by atomic mass is 32.2. The first kappa shape index (κ1) is 16.4. The second kappa shape index (κ2) is 6.58. The van der Waals surface area contributed by atoms with Crippen molar-refractivity contribution in [2.75, 3.05) is 13.1 Å². The van der Waals surface area contributed by atoms with E-state index in [1.807, 2.05) is 0 Å². The smallest absolute Gasteiger partial charge is 0.248 e. The van der Waals surface area contributed by atoms with Crippen LogP contribution in [0.3, 0.4) is 0 Å². The second-order valence-corrected chi connectivity index (χ2v) is 7.41. The van der Waals surface area contributed by atoms with Gasteiger partial charge in [-0.1, -0.05) is 6.07 Å². The van der Waals surface area contributed by atoms with Gasteiger partial charge in [-0.05, 0) is 36.8 Å². The summed E-state index contributed by atoms with van der Waals surface area (Å²) in [7, 11) is -3.69. The molecular weight excluding hydrogens is 330 g/mol. The van der Waals surface area contributed by atoms with Crippen molar-refractivity contribution in [1.82, 2.24) is 9.29 Å². The number of hydrogen-bond donors (Lipinski definition) is 1. The van der Waals surface area contributed by atoms with Crippen molar-refractivity contribution in [3.63, 3.8) is 0 Å². The van der Waals surface area contributed by atoms with Crippen LogP contribution < -0.4 is 10.5 Å². The van der Waals surface area contributed by atoms with Crippen molar-refractivity contribution in [1.29, 1.82) is 0 Å². The van der Waals surface area contributed by atoms with E-state index >= 15 is 0 Å². The van der Waals surface area contributed by atoms with E-state index in [4.69, 9.17) is 10.5 Å². The Labute approximate surface area is 140 Å². The molecule has 24 heavy (non-hydrogen) atoms. The Balaban J connectivity index is 1.74. The Morgan fingerprint density at radius 2 is 2.12 bits per heavy atom. The van der Waals surface area contributed by atoms with Gasteiger partial charge in [-0.15, -0.1) is 0 Å². The van der Waals surface area contributed by atoms with E-state index in [2.05, 4.69) is 4.98 Å². The van der Waals surface area contributed by atoms with Crippen LogP contribution >= 0.6 is 0 Å².